The van der Waals surface area contributed by atoms with Gasteiger partial charge < -0.3 is 19.7 Å². The van der Waals surface area contributed by atoms with Gasteiger partial charge >= 0.3 is 0 Å². The van der Waals surface area contributed by atoms with Crippen molar-refractivity contribution in [3.63, 3.8) is 0 Å². The third kappa shape index (κ3) is 4.01. The third-order valence-electron chi connectivity index (χ3n) is 4.65. The minimum absolute atomic E-state index is 0.0202. The number of nitrogens with one attached hydrogen (secondary N) is 1. The molecule has 0 radical (unpaired) electrons. The van der Waals surface area contributed by atoms with Crippen molar-refractivity contribution in [1.82, 2.24) is 4.90 Å². The second-order valence-electron chi connectivity index (χ2n) is 6.78. The lowest BCUT2D eigenvalue weighted by molar-refractivity contribution is -0.121. The fourth-order valence-electron chi connectivity index (χ4n) is 3.14. The Morgan fingerprint density at radius 1 is 1.07 bits per heavy atom. The Balaban J connectivity index is 1.78. The number of benzene rings is 2. The molecule has 2 aromatic carbocycles. The number of carbonyl (C=O) groups excluding carboxylic acids is 3. The van der Waals surface area contributed by atoms with Crippen LogP contribution in [0.25, 0.3) is 0 Å². The highest BCUT2D eigenvalue weighted by molar-refractivity contribution is 6.23. The quantitative estimate of drug-likeness (QED) is 0.752. The largest absolute Gasteiger partial charge is 0.497 e. The molecule has 1 heterocycles. The number of hydrogen-bond acceptors (Lipinski definition) is 6. The van der Waals surface area contributed by atoms with E-state index in [0.717, 1.165) is 4.90 Å². The van der Waals surface area contributed by atoms with Gasteiger partial charge in [0.2, 0.25) is 5.91 Å². The molecule has 0 aliphatic carbocycles. The lowest BCUT2D eigenvalue weighted by Gasteiger charge is -2.19. The van der Waals surface area contributed by atoms with E-state index in [1.807, 2.05) is 0 Å². The maximum atomic E-state index is 12.9. The van der Waals surface area contributed by atoms with Crippen LogP contribution >= 0.6 is 0 Å². The minimum Gasteiger partial charge on any atom is -0.497 e. The fourth-order valence-corrected chi connectivity index (χ4v) is 3.14. The predicted molar refractivity (Wildman–Crippen MR) is 109 cm³/mol. The number of hydrogen-bond donors (Lipinski definition) is 1. The minimum atomic E-state index is -0.704. The van der Waals surface area contributed by atoms with Crippen molar-refractivity contribution in [3.8, 4) is 11.5 Å². The third-order valence-corrected chi connectivity index (χ3v) is 4.65. The SMILES string of the molecule is COc1ccc(N2C(=O)C[C@H](Nc3ccc(C(=O)N(C)C)cc3)C2=O)c(OC)c1. The summed E-state index contributed by atoms with van der Waals surface area (Å²) < 4.78 is 10.5. The van der Waals surface area contributed by atoms with Gasteiger partial charge in [-0.05, 0) is 36.4 Å². The number of methoxy groups -OCH3 is 2. The van der Waals surface area contributed by atoms with Gasteiger partial charge in [-0.1, -0.05) is 0 Å². The summed E-state index contributed by atoms with van der Waals surface area (Å²) in [6.07, 6.45) is 0.0202. The Kier molecular flexibility index (Phi) is 5.72. The number of ether oxygens (including phenoxy) is 2. The predicted octanol–water partition coefficient (Wildman–Crippen LogP) is 2.15. The molecule has 0 unspecified atom stereocenters. The van der Waals surface area contributed by atoms with E-state index < -0.39 is 6.04 Å². The zero-order valence-electron chi connectivity index (χ0n) is 16.8. The number of anilines is 2. The molecule has 0 aromatic heterocycles. The highest BCUT2D eigenvalue weighted by atomic mass is 16.5. The molecule has 3 amide bonds. The summed E-state index contributed by atoms with van der Waals surface area (Å²) in [7, 11) is 6.35. The highest BCUT2D eigenvalue weighted by Gasteiger charge is 2.40. The number of rotatable bonds is 6. The average Bonchev–Trinajstić information content (AvgIpc) is 3.00. The lowest BCUT2D eigenvalue weighted by Crippen LogP contribution is -2.35. The van der Waals surface area contributed by atoms with Gasteiger partial charge in [-0.15, -0.1) is 0 Å². The smallest absolute Gasteiger partial charge is 0.256 e. The normalized spacial score (nSPS) is 16.0. The van der Waals surface area contributed by atoms with Crippen LogP contribution in [0.15, 0.2) is 42.5 Å². The summed E-state index contributed by atoms with van der Waals surface area (Å²) in [6.45, 7) is 0. The highest BCUT2D eigenvalue weighted by Crippen LogP contribution is 2.35. The van der Waals surface area contributed by atoms with Crippen LogP contribution in [-0.2, 0) is 9.59 Å². The van der Waals surface area contributed by atoms with E-state index in [1.54, 1.807) is 56.6 Å². The Bertz CT molecular complexity index is 940. The van der Waals surface area contributed by atoms with E-state index in [4.69, 9.17) is 9.47 Å². The molecule has 0 spiro atoms. The van der Waals surface area contributed by atoms with Crippen LogP contribution in [0, 0.1) is 0 Å². The number of amides is 3. The molecule has 1 aliphatic rings. The first-order chi connectivity index (χ1) is 13.8. The van der Waals surface area contributed by atoms with Crippen LogP contribution in [0.3, 0.4) is 0 Å². The summed E-state index contributed by atoms with van der Waals surface area (Å²) in [6, 6.07) is 11.0. The zero-order valence-corrected chi connectivity index (χ0v) is 16.8. The van der Waals surface area contributed by atoms with Crippen LogP contribution in [0.4, 0.5) is 11.4 Å². The summed E-state index contributed by atoms with van der Waals surface area (Å²) >= 11 is 0. The molecule has 3 rings (SSSR count). The van der Waals surface area contributed by atoms with Crippen LogP contribution < -0.4 is 19.7 Å². The number of imide groups is 1. The molecule has 0 bridgehead atoms. The molecule has 1 saturated heterocycles. The first kappa shape index (κ1) is 20.2. The molecular weight excluding hydrogens is 374 g/mol. The van der Waals surface area contributed by atoms with Gasteiger partial charge in [-0.3, -0.25) is 14.4 Å². The Morgan fingerprint density at radius 3 is 2.34 bits per heavy atom. The fraction of sp³-hybridized carbons (Fsp3) is 0.286. The van der Waals surface area contributed by atoms with Crippen LogP contribution in [-0.4, -0.2) is 57.0 Å². The molecular formula is C21H23N3O5. The van der Waals surface area contributed by atoms with Gasteiger partial charge in [0.25, 0.3) is 11.8 Å². The molecule has 29 heavy (non-hydrogen) atoms. The van der Waals surface area contributed by atoms with E-state index >= 15 is 0 Å². The second kappa shape index (κ2) is 8.22. The van der Waals surface area contributed by atoms with Crippen molar-refractivity contribution < 1.29 is 23.9 Å². The maximum absolute atomic E-state index is 12.9. The van der Waals surface area contributed by atoms with Crippen LogP contribution in [0.2, 0.25) is 0 Å². The average molecular weight is 397 g/mol. The second-order valence-corrected chi connectivity index (χ2v) is 6.78. The van der Waals surface area contributed by atoms with Gasteiger partial charge in [-0.25, -0.2) is 4.90 Å². The van der Waals surface area contributed by atoms with E-state index in [9.17, 15) is 14.4 Å². The van der Waals surface area contributed by atoms with Gasteiger partial charge in [0.15, 0.2) is 0 Å². The summed E-state index contributed by atoms with van der Waals surface area (Å²) in [5.41, 5.74) is 1.56. The molecule has 1 N–H and O–H groups in total. The van der Waals surface area contributed by atoms with E-state index in [2.05, 4.69) is 5.32 Å². The van der Waals surface area contributed by atoms with Gasteiger partial charge in [0, 0.05) is 31.4 Å². The van der Waals surface area contributed by atoms with E-state index in [1.165, 1.54) is 19.1 Å². The molecule has 8 heteroatoms. The zero-order chi connectivity index (χ0) is 21.1. The first-order valence-corrected chi connectivity index (χ1v) is 9.02. The molecule has 2 aromatic rings. The van der Waals surface area contributed by atoms with Crippen LogP contribution in [0.1, 0.15) is 16.8 Å². The van der Waals surface area contributed by atoms with Crippen molar-refractivity contribution in [2.45, 2.75) is 12.5 Å². The number of nitrogens with zero attached hydrogens (tertiary/aromatic N) is 2. The first-order valence-electron chi connectivity index (χ1n) is 9.02. The van der Waals surface area contributed by atoms with Gasteiger partial charge in [0.1, 0.15) is 17.5 Å². The van der Waals surface area contributed by atoms with Gasteiger partial charge in [-0.2, -0.15) is 0 Å². The Labute approximate surface area is 169 Å². The van der Waals surface area contributed by atoms with Gasteiger partial charge in [0.05, 0.1) is 26.3 Å². The molecule has 1 aliphatic heterocycles. The topological polar surface area (TPSA) is 88.2 Å². The standard InChI is InChI=1S/C21H23N3O5/c1-23(2)20(26)13-5-7-14(8-6-13)22-16-12-19(25)24(21(16)27)17-10-9-15(28-3)11-18(17)29-4/h5-11,16,22H,12H2,1-4H3/t16-/m0/s1. The van der Waals surface area contributed by atoms with Crippen molar-refractivity contribution in [1.29, 1.82) is 0 Å². The lowest BCUT2D eigenvalue weighted by atomic mass is 10.1. The Hall–Kier alpha value is -3.55. The van der Waals surface area contributed by atoms with E-state index in [0.29, 0.717) is 28.4 Å². The summed E-state index contributed by atoms with van der Waals surface area (Å²) in [5, 5.41) is 3.07. The van der Waals surface area contributed by atoms with Crippen LogP contribution in [0.5, 0.6) is 11.5 Å². The molecule has 1 atom stereocenters. The number of carbonyl (C=O) groups is 3. The van der Waals surface area contributed by atoms with E-state index in [-0.39, 0.29) is 24.1 Å². The Morgan fingerprint density at radius 2 is 1.76 bits per heavy atom. The van der Waals surface area contributed by atoms with Crippen molar-refractivity contribution >= 4 is 29.1 Å². The van der Waals surface area contributed by atoms with Crippen molar-refractivity contribution in [2.75, 3.05) is 38.5 Å². The molecule has 152 valence electrons. The maximum Gasteiger partial charge on any atom is 0.256 e. The monoisotopic (exact) mass is 397 g/mol. The summed E-state index contributed by atoms with van der Waals surface area (Å²) in [5.74, 6) is 0.133. The summed E-state index contributed by atoms with van der Waals surface area (Å²) in [4.78, 5) is 40.1. The molecule has 0 saturated carbocycles. The van der Waals surface area contributed by atoms with Crippen molar-refractivity contribution in [3.05, 3.63) is 48.0 Å². The molecule has 8 nitrogen and oxygen atoms in total. The van der Waals surface area contributed by atoms with Crippen molar-refractivity contribution in [2.24, 2.45) is 0 Å². The molecule has 1 fully saturated rings.